The predicted molar refractivity (Wildman–Crippen MR) is 147 cm³/mol. The summed E-state index contributed by atoms with van der Waals surface area (Å²) in [5, 5.41) is 14.0. The highest BCUT2D eigenvalue weighted by atomic mass is 32.2. The number of amides is 1. The molecule has 0 radical (unpaired) electrons. The third kappa shape index (κ3) is 7.43. The lowest BCUT2D eigenvalue weighted by Gasteiger charge is -2.33. The Hall–Kier alpha value is -3.15. The second-order valence-electron chi connectivity index (χ2n) is 9.56. The minimum atomic E-state index is -0.0967. The molecular formula is C26H36N8O2S. The van der Waals surface area contributed by atoms with Gasteiger partial charge in [0, 0.05) is 48.3 Å². The van der Waals surface area contributed by atoms with Crippen LogP contribution in [0.3, 0.4) is 0 Å². The zero-order valence-electron chi connectivity index (χ0n) is 22.2. The molecule has 10 nitrogen and oxygen atoms in total. The minimum absolute atomic E-state index is 0.0967. The average Bonchev–Trinajstić information content (AvgIpc) is 3.28. The van der Waals surface area contributed by atoms with Crippen molar-refractivity contribution < 1.29 is 9.53 Å². The molecule has 2 aromatic heterocycles. The number of nitrogens with one attached hydrogen (secondary N) is 3. The van der Waals surface area contributed by atoms with Gasteiger partial charge in [0.15, 0.2) is 22.5 Å². The maximum absolute atomic E-state index is 11.3. The maximum atomic E-state index is 11.3. The summed E-state index contributed by atoms with van der Waals surface area (Å²) < 4.78 is 5.88. The van der Waals surface area contributed by atoms with E-state index in [4.69, 9.17) is 14.7 Å². The van der Waals surface area contributed by atoms with E-state index in [1.165, 1.54) is 18.7 Å². The Labute approximate surface area is 222 Å². The van der Waals surface area contributed by atoms with Gasteiger partial charge in [-0.05, 0) is 83.0 Å². The molecule has 3 N–H and O–H groups in total. The third-order valence-electron chi connectivity index (χ3n) is 6.25. The summed E-state index contributed by atoms with van der Waals surface area (Å²) in [6.45, 7) is 7.64. The lowest BCUT2D eigenvalue weighted by Crippen LogP contribution is -2.37. The van der Waals surface area contributed by atoms with Crippen molar-refractivity contribution >= 4 is 35.0 Å². The lowest BCUT2D eigenvalue weighted by atomic mass is 9.92. The van der Waals surface area contributed by atoms with Gasteiger partial charge in [-0.15, -0.1) is 0 Å². The van der Waals surface area contributed by atoms with Crippen molar-refractivity contribution in [2.45, 2.75) is 42.7 Å². The Morgan fingerprint density at radius 3 is 2.54 bits per heavy atom. The van der Waals surface area contributed by atoms with Gasteiger partial charge in [0.25, 0.3) is 0 Å². The van der Waals surface area contributed by atoms with Crippen LogP contribution in [-0.4, -0.2) is 83.3 Å². The van der Waals surface area contributed by atoms with Crippen molar-refractivity contribution in [3.8, 4) is 5.75 Å². The van der Waals surface area contributed by atoms with E-state index in [0.717, 1.165) is 61.0 Å². The van der Waals surface area contributed by atoms with Gasteiger partial charge in [-0.1, -0.05) is 0 Å². The first-order valence-electron chi connectivity index (χ1n) is 12.5. The molecule has 3 heterocycles. The van der Waals surface area contributed by atoms with Crippen molar-refractivity contribution in [2.75, 3.05) is 58.0 Å². The molecule has 1 saturated heterocycles. The van der Waals surface area contributed by atoms with Crippen molar-refractivity contribution in [3.05, 3.63) is 41.7 Å². The van der Waals surface area contributed by atoms with Gasteiger partial charge in [-0.2, -0.15) is 5.10 Å². The lowest BCUT2D eigenvalue weighted by molar-refractivity contribution is -0.114. The summed E-state index contributed by atoms with van der Waals surface area (Å²) in [5.74, 6) is 2.12. The van der Waals surface area contributed by atoms with Crippen molar-refractivity contribution in [1.82, 2.24) is 30.0 Å². The number of hydrogen-bond acceptors (Lipinski definition) is 9. The molecule has 198 valence electrons. The van der Waals surface area contributed by atoms with Crippen LogP contribution in [0.4, 0.5) is 17.3 Å². The fourth-order valence-electron chi connectivity index (χ4n) is 4.34. The van der Waals surface area contributed by atoms with Crippen molar-refractivity contribution in [1.29, 1.82) is 0 Å². The first-order chi connectivity index (χ1) is 17.8. The summed E-state index contributed by atoms with van der Waals surface area (Å²) in [4.78, 5) is 26.9. The highest BCUT2D eigenvalue weighted by Gasteiger charge is 2.28. The van der Waals surface area contributed by atoms with Crippen LogP contribution in [-0.2, 0) is 4.79 Å². The fraction of sp³-hybridized carbons (Fsp3) is 0.462. The number of ether oxygens (including phenoxy) is 1. The number of carbonyl (C=O) groups excluding carboxylic acids is 1. The van der Waals surface area contributed by atoms with Crippen molar-refractivity contribution in [2.24, 2.45) is 0 Å². The summed E-state index contributed by atoms with van der Waals surface area (Å²) in [5.41, 5.74) is 2.64. The summed E-state index contributed by atoms with van der Waals surface area (Å²) >= 11 is 1.48. The Morgan fingerprint density at radius 2 is 1.95 bits per heavy atom. The normalized spacial score (nSPS) is 14.6. The number of nitrogens with zero attached hydrogens (tertiary/aromatic N) is 5. The zero-order chi connectivity index (χ0) is 26.4. The Balaban J connectivity index is 1.60. The molecule has 0 spiro atoms. The molecular weight excluding hydrogens is 488 g/mol. The van der Waals surface area contributed by atoms with E-state index in [1.54, 1.807) is 7.11 Å². The van der Waals surface area contributed by atoms with Crippen LogP contribution in [0.25, 0.3) is 0 Å². The fourth-order valence-corrected chi connectivity index (χ4v) is 5.11. The number of anilines is 3. The summed E-state index contributed by atoms with van der Waals surface area (Å²) in [6, 6.07) is 9.60. The third-order valence-corrected chi connectivity index (χ3v) is 7.12. The molecule has 1 fully saturated rings. The predicted octanol–water partition coefficient (Wildman–Crippen LogP) is 4.11. The number of likely N-dealkylation sites (tertiary alicyclic amines) is 1. The van der Waals surface area contributed by atoms with E-state index in [1.807, 2.05) is 37.3 Å². The van der Waals surface area contributed by atoms with Gasteiger partial charge in [-0.3, -0.25) is 9.89 Å². The Kier molecular flexibility index (Phi) is 9.01. The molecule has 1 aromatic carbocycles. The van der Waals surface area contributed by atoms with Crippen LogP contribution in [0.1, 0.15) is 37.1 Å². The number of rotatable bonds is 10. The Morgan fingerprint density at radius 1 is 1.22 bits per heavy atom. The topological polar surface area (TPSA) is 111 Å². The van der Waals surface area contributed by atoms with E-state index in [2.05, 4.69) is 44.7 Å². The number of aryl methyl sites for hydroxylation is 1. The zero-order valence-corrected chi connectivity index (χ0v) is 23.0. The minimum Gasteiger partial charge on any atom is -0.491 e. The van der Waals surface area contributed by atoms with Gasteiger partial charge in [-0.25, -0.2) is 9.97 Å². The molecule has 0 atom stereocenters. The number of aromatic nitrogens is 4. The molecule has 0 unspecified atom stereocenters. The van der Waals surface area contributed by atoms with E-state index in [9.17, 15) is 4.79 Å². The van der Waals surface area contributed by atoms with Gasteiger partial charge < -0.3 is 25.2 Å². The van der Waals surface area contributed by atoms with Gasteiger partial charge in [0.05, 0.1) is 12.8 Å². The molecule has 0 saturated carbocycles. The molecule has 0 aliphatic carbocycles. The van der Waals surface area contributed by atoms with Gasteiger partial charge in [0.2, 0.25) is 5.91 Å². The molecule has 1 aliphatic heterocycles. The highest BCUT2D eigenvalue weighted by molar-refractivity contribution is 7.99. The second-order valence-corrected chi connectivity index (χ2v) is 10.6. The molecule has 0 bridgehead atoms. The maximum Gasteiger partial charge on any atom is 0.221 e. The smallest absolute Gasteiger partial charge is 0.221 e. The number of carbonyl (C=O) groups is 1. The van der Waals surface area contributed by atoms with Crippen LogP contribution in [0.2, 0.25) is 0 Å². The second kappa shape index (κ2) is 12.4. The van der Waals surface area contributed by atoms with Crippen LogP contribution in [0.5, 0.6) is 5.75 Å². The van der Waals surface area contributed by atoms with Gasteiger partial charge in [0.1, 0.15) is 0 Å². The number of methoxy groups -OCH3 is 1. The summed E-state index contributed by atoms with van der Waals surface area (Å²) in [6.07, 6.45) is 2.02. The number of benzene rings is 1. The number of aromatic amines is 1. The summed E-state index contributed by atoms with van der Waals surface area (Å²) in [7, 11) is 5.89. The largest absolute Gasteiger partial charge is 0.491 e. The number of piperidine rings is 1. The van der Waals surface area contributed by atoms with Crippen LogP contribution < -0.4 is 15.4 Å². The Bertz CT molecular complexity index is 1190. The number of likely N-dealkylation sites (N-methyl/N-ethyl adjacent to an activating group) is 1. The van der Waals surface area contributed by atoms with E-state index in [0.29, 0.717) is 22.5 Å². The molecule has 1 aliphatic rings. The van der Waals surface area contributed by atoms with E-state index >= 15 is 0 Å². The average molecular weight is 525 g/mol. The first-order valence-corrected chi connectivity index (χ1v) is 13.3. The molecule has 4 rings (SSSR count). The van der Waals surface area contributed by atoms with E-state index in [-0.39, 0.29) is 11.8 Å². The van der Waals surface area contributed by atoms with E-state index < -0.39 is 0 Å². The SMILES string of the molecule is COc1c(Nc2cc(C)[nH]n2)nc(Sc2ccc(NC(C)=O)cc2)nc1C1CCN(CCN(C)C)CC1. The number of H-pyrrole nitrogens is 1. The number of hydrogen-bond donors (Lipinski definition) is 3. The molecule has 37 heavy (non-hydrogen) atoms. The van der Waals surface area contributed by atoms with Crippen molar-refractivity contribution in [3.63, 3.8) is 0 Å². The standard InChI is InChI=1S/C26H36N8O2S/c1-17-16-22(32-31-17)28-25-24(36-5)23(19-10-12-34(13-11-19)15-14-33(3)4)29-26(30-25)37-21-8-6-20(7-9-21)27-18(2)35/h6-9,16,19H,10-15H2,1-5H3,(H,27,35)(H2,28,29,30,31,32). The monoisotopic (exact) mass is 524 g/mol. The van der Waals surface area contributed by atoms with Gasteiger partial charge >= 0.3 is 0 Å². The van der Waals surface area contributed by atoms with Crippen LogP contribution in [0.15, 0.2) is 40.4 Å². The first kappa shape index (κ1) is 26.9. The molecule has 1 amide bonds. The quantitative estimate of drug-likeness (QED) is 0.337. The van der Waals surface area contributed by atoms with Crippen LogP contribution in [0, 0.1) is 6.92 Å². The molecule has 11 heteroatoms. The van der Waals surface area contributed by atoms with Crippen LogP contribution >= 0.6 is 11.8 Å². The molecule has 3 aromatic rings. The highest BCUT2D eigenvalue weighted by Crippen LogP contribution is 2.40.